The molecule has 3 heterocycles. The van der Waals surface area contributed by atoms with Crippen molar-refractivity contribution in [2.45, 2.75) is 37.6 Å². The minimum absolute atomic E-state index is 0.0356. The lowest BCUT2D eigenvalue weighted by Gasteiger charge is -2.23. The Balaban J connectivity index is 1.61. The third-order valence-electron chi connectivity index (χ3n) is 4.41. The molecule has 0 aromatic carbocycles. The molecule has 1 saturated heterocycles. The first-order chi connectivity index (χ1) is 10.3. The van der Waals surface area contributed by atoms with Crippen molar-refractivity contribution in [1.29, 1.82) is 0 Å². The molecule has 21 heavy (non-hydrogen) atoms. The van der Waals surface area contributed by atoms with E-state index in [9.17, 15) is 4.79 Å². The number of amides is 1. The smallest absolute Gasteiger partial charge is 0.277 e. The molecule has 110 valence electrons. The molecule has 0 bridgehead atoms. The highest BCUT2D eigenvalue weighted by Crippen LogP contribution is 2.43. The number of nitrogens with one attached hydrogen (secondary N) is 1. The molecule has 0 spiro atoms. The lowest BCUT2D eigenvalue weighted by atomic mass is 10.1. The summed E-state index contributed by atoms with van der Waals surface area (Å²) < 4.78 is 0. The van der Waals surface area contributed by atoms with Crippen molar-refractivity contribution in [2.24, 2.45) is 0 Å². The van der Waals surface area contributed by atoms with E-state index in [0.717, 1.165) is 37.9 Å². The Hall–Kier alpha value is -1.82. The van der Waals surface area contributed by atoms with Gasteiger partial charge in [-0.2, -0.15) is 5.10 Å². The summed E-state index contributed by atoms with van der Waals surface area (Å²) in [7, 11) is 0. The Morgan fingerprint density at radius 3 is 3.00 bits per heavy atom. The molecule has 1 saturated carbocycles. The van der Waals surface area contributed by atoms with Crippen LogP contribution in [0.3, 0.4) is 0 Å². The van der Waals surface area contributed by atoms with Crippen molar-refractivity contribution >= 4 is 22.9 Å². The number of aromatic nitrogens is 2. The number of rotatable bonds is 3. The lowest BCUT2D eigenvalue weighted by molar-refractivity contribution is 0.0733. The summed E-state index contributed by atoms with van der Waals surface area (Å²) in [6.45, 7) is 0.784. The Morgan fingerprint density at radius 2 is 2.29 bits per heavy atom. The van der Waals surface area contributed by atoms with Gasteiger partial charge in [-0.3, -0.25) is 9.89 Å². The Morgan fingerprint density at radius 1 is 1.43 bits per heavy atom. The number of thiophene rings is 1. The first kappa shape index (κ1) is 12.9. The van der Waals surface area contributed by atoms with Gasteiger partial charge < -0.3 is 10.6 Å². The van der Waals surface area contributed by atoms with E-state index in [0.29, 0.717) is 17.3 Å². The number of H-pyrrole nitrogens is 1. The molecule has 1 unspecified atom stereocenters. The van der Waals surface area contributed by atoms with Gasteiger partial charge in [0.15, 0.2) is 5.69 Å². The van der Waals surface area contributed by atoms with Gasteiger partial charge in [-0.05, 0) is 37.1 Å². The van der Waals surface area contributed by atoms with Crippen molar-refractivity contribution in [3.05, 3.63) is 33.8 Å². The zero-order chi connectivity index (χ0) is 14.4. The Bertz CT molecular complexity index is 659. The van der Waals surface area contributed by atoms with Crippen LogP contribution >= 0.6 is 11.3 Å². The number of aromatic amines is 1. The van der Waals surface area contributed by atoms with Crippen LogP contribution in [0.15, 0.2) is 17.5 Å². The van der Waals surface area contributed by atoms with Crippen molar-refractivity contribution in [2.75, 3.05) is 12.3 Å². The maximum atomic E-state index is 12.8. The highest BCUT2D eigenvalue weighted by molar-refractivity contribution is 7.10. The SMILES string of the molecule is Nc1c(C(=O)N2CCCC2c2cccs2)n[nH]c1C1CC1. The Labute approximate surface area is 127 Å². The van der Waals surface area contributed by atoms with E-state index >= 15 is 0 Å². The summed E-state index contributed by atoms with van der Waals surface area (Å²) in [5.41, 5.74) is 8.05. The molecule has 2 aromatic rings. The number of likely N-dealkylation sites (tertiary alicyclic amines) is 1. The zero-order valence-corrected chi connectivity index (χ0v) is 12.5. The predicted octanol–water partition coefficient (Wildman–Crippen LogP) is 2.91. The van der Waals surface area contributed by atoms with E-state index in [1.54, 1.807) is 11.3 Å². The van der Waals surface area contributed by atoms with Gasteiger partial charge >= 0.3 is 0 Å². The fourth-order valence-corrected chi connectivity index (χ4v) is 4.01. The van der Waals surface area contributed by atoms with Gasteiger partial charge in [-0.1, -0.05) is 6.07 Å². The van der Waals surface area contributed by atoms with E-state index in [2.05, 4.69) is 21.6 Å². The molecule has 6 heteroatoms. The molecule has 2 fully saturated rings. The molecule has 1 amide bonds. The predicted molar refractivity (Wildman–Crippen MR) is 82.3 cm³/mol. The van der Waals surface area contributed by atoms with Crippen LogP contribution in [0.2, 0.25) is 0 Å². The number of nitrogens with zero attached hydrogens (tertiary/aromatic N) is 2. The fraction of sp³-hybridized carbons (Fsp3) is 0.467. The number of nitrogens with two attached hydrogens (primary N) is 1. The molecule has 1 aliphatic heterocycles. The third-order valence-corrected chi connectivity index (χ3v) is 5.38. The van der Waals surface area contributed by atoms with Gasteiger partial charge in [0.2, 0.25) is 0 Å². The number of nitrogen functional groups attached to an aromatic ring is 1. The molecular weight excluding hydrogens is 284 g/mol. The molecule has 2 aromatic heterocycles. The molecule has 3 N–H and O–H groups in total. The molecule has 1 atom stereocenters. The second kappa shape index (κ2) is 4.87. The number of hydrogen-bond donors (Lipinski definition) is 2. The first-order valence-electron chi connectivity index (χ1n) is 7.44. The van der Waals surface area contributed by atoms with Crippen LogP contribution in [-0.4, -0.2) is 27.5 Å². The van der Waals surface area contributed by atoms with Crippen LogP contribution in [0.4, 0.5) is 5.69 Å². The number of carbonyl (C=O) groups is 1. The van der Waals surface area contributed by atoms with Crippen molar-refractivity contribution in [3.63, 3.8) is 0 Å². The maximum absolute atomic E-state index is 12.8. The van der Waals surface area contributed by atoms with Crippen LogP contribution in [0, 0.1) is 0 Å². The van der Waals surface area contributed by atoms with E-state index in [-0.39, 0.29) is 11.9 Å². The standard InChI is InChI=1S/C15H18N4OS/c16-12-13(9-5-6-9)17-18-14(12)15(20)19-7-1-3-10(19)11-4-2-8-21-11/h2,4,8-10H,1,3,5-7,16H2,(H,17,18). The van der Waals surface area contributed by atoms with Crippen LogP contribution in [0.5, 0.6) is 0 Å². The summed E-state index contributed by atoms with van der Waals surface area (Å²) in [6.07, 6.45) is 4.34. The largest absolute Gasteiger partial charge is 0.395 e. The topological polar surface area (TPSA) is 75.0 Å². The van der Waals surface area contributed by atoms with Crippen molar-refractivity contribution in [3.8, 4) is 0 Å². The van der Waals surface area contributed by atoms with Gasteiger partial charge in [0.1, 0.15) is 0 Å². The van der Waals surface area contributed by atoms with E-state index in [1.807, 2.05) is 11.0 Å². The Kier molecular flexibility index (Phi) is 2.99. The van der Waals surface area contributed by atoms with Crippen LogP contribution < -0.4 is 5.73 Å². The number of carbonyl (C=O) groups excluding carboxylic acids is 1. The molecule has 4 rings (SSSR count). The molecule has 5 nitrogen and oxygen atoms in total. The van der Waals surface area contributed by atoms with E-state index in [4.69, 9.17) is 5.73 Å². The van der Waals surface area contributed by atoms with Crippen LogP contribution in [0.25, 0.3) is 0 Å². The summed E-state index contributed by atoms with van der Waals surface area (Å²) in [6, 6.07) is 4.32. The van der Waals surface area contributed by atoms with Crippen molar-refractivity contribution in [1.82, 2.24) is 15.1 Å². The summed E-state index contributed by atoms with van der Waals surface area (Å²) in [5.74, 6) is 0.442. The zero-order valence-electron chi connectivity index (χ0n) is 11.7. The fourth-order valence-electron chi connectivity index (χ4n) is 3.13. The highest BCUT2D eigenvalue weighted by atomic mass is 32.1. The average molecular weight is 302 g/mol. The molecular formula is C15H18N4OS. The lowest BCUT2D eigenvalue weighted by Crippen LogP contribution is -2.31. The van der Waals surface area contributed by atoms with Crippen molar-refractivity contribution < 1.29 is 4.79 Å². The van der Waals surface area contributed by atoms with Gasteiger partial charge in [0, 0.05) is 17.3 Å². The summed E-state index contributed by atoms with van der Waals surface area (Å²) >= 11 is 1.71. The minimum atomic E-state index is -0.0356. The van der Waals surface area contributed by atoms with Gasteiger partial charge in [-0.15, -0.1) is 11.3 Å². The molecule has 1 aliphatic carbocycles. The number of anilines is 1. The molecule has 2 aliphatic rings. The monoisotopic (exact) mass is 302 g/mol. The highest BCUT2D eigenvalue weighted by Gasteiger charge is 2.35. The second-order valence-electron chi connectivity index (χ2n) is 5.85. The van der Waals surface area contributed by atoms with Gasteiger partial charge in [0.25, 0.3) is 5.91 Å². The number of hydrogen-bond acceptors (Lipinski definition) is 4. The average Bonchev–Trinajstić information content (AvgIpc) is 2.94. The van der Waals surface area contributed by atoms with Gasteiger partial charge in [0.05, 0.1) is 17.4 Å². The van der Waals surface area contributed by atoms with E-state index in [1.165, 1.54) is 4.88 Å². The van der Waals surface area contributed by atoms with E-state index < -0.39 is 0 Å². The minimum Gasteiger partial charge on any atom is -0.395 e. The van der Waals surface area contributed by atoms with Crippen LogP contribution in [-0.2, 0) is 0 Å². The normalized spacial score (nSPS) is 21.9. The van der Waals surface area contributed by atoms with Gasteiger partial charge in [-0.25, -0.2) is 0 Å². The molecule has 0 radical (unpaired) electrons. The quantitative estimate of drug-likeness (QED) is 0.915. The first-order valence-corrected chi connectivity index (χ1v) is 8.31. The van der Waals surface area contributed by atoms with Crippen LogP contribution in [0.1, 0.15) is 58.7 Å². The maximum Gasteiger partial charge on any atom is 0.277 e. The summed E-state index contributed by atoms with van der Waals surface area (Å²) in [5, 5.41) is 9.23. The second-order valence-corrected chi connectivity index (χ2v) is 6.83. The third kappa shape index (κ3) is 2.14. The summed E-state index contributed by atoms with van der Waals surface area (Å²) in [4.78, 5) is 16.0.